The van der Waals surface area contributed by atoms with Crippen molar-refractivity contribution < 1.29 is 8.42 Å². The maximum atomic E-state index is 12.2. The number of benzene rings is 1. The van der Waals surface area contributed by atoms with Gasteiger partial charge in [-0.25, -0.2) is 18.1 Å². The lowest BCUT2D eigenvalue weighted by Gasteiger charge is -2.12. The van der Waals surface area contributed by atoms with Gasteiger partial charge in [-0.05, 0) is 38.1 Å². The van der Waals surface area contributed by atoms with Gasteiger partial charge in [0.25, 0.3) is 0 Å². The zero-order chi connectivity index (χ0) is 14.8. The molecule has 0 spiro atoms. The summed E-state index contributed by atoms with van der Waals surface area (Å²) < 4.78 is 27.1. The molecule has 0 amide bonds. The minimum Gasteiger partial charge on any atom is -0.324 e. The highest BCUT2D eigenvalue weighted by atomic mass is 32.2. The van der Waals surface area contributed by atoms with Crippen LogP contribution in [-0.4, -0.2) is 13.4 Å². The Labute approximate surface area is 122 Å². The van der Waals surface area contributed by atoms with E-state index < -0.39 is 10.0 Å². The smallest absolute Gasteiger partial charge is 0.241 e. The number of nitrogens with zero attached hydrogens (tertiary/aromatic N) is 1. The van der Waals surface area contributed by atoms with Crippen LogP contribution in [0, 0.1) is 6.92 Å². The molecule has 1 unspecified atom stereocenters. The van der Waals surface area contributed by atoms with Crippen molar-refractivity contribution in [1.29, 1.82) is 0 Å². The van der Waals surface area contributed by atoms with Gasteiger partial charge in [0.15, 0.2) is 0 Å². The van der Waals surface area contributed by atoms with E-state index in [1.807, 2.05) is 12.3 Å². The third-order valence-electron chi connectivity index (χ3n) is 2.67. The van der Waals surface area contributed by atoms with Gasteiger partial charge in [-0.3, -0.25) is 5.84 Å². The first-order chi connectivity index (χ1) is 9.42. The number of hydrazine groups is 1. The predicted molar refractivity (Wildman–Crippen MR) is 79.8 cm³/mol. The molecule has 0 fully saturated rings. The molecule has 20 heavy (non-hydrogen) atoms. The molecule has 1 aromatic carbocycles. The van der Waals surface area contributed by atoms with E-state index in [-0.39, 0.29) is 10.9 Å². The maximum Gasteiger partial charge on any atom is 0.241 e. The van der Waals surface area contributed by atoms with E-state index in [0.717, 1.165) is 10.7 Å². The van der Waals surface area contributed by atoms with Crippen LogP contribution in [0.4, 0.5) is 5.69 Å². The Morgan fingerprint density at radius 2 is 1.95 bits per heavy atom. The molecule has 0 saturated heterocycles. The molecule has 2 rings (SSSR count). The highest BCUT2D eigenvalue weighted by molar-refractivity contribution is 7.89. The summed E-state index contributed by atoms with van der Waals surface area (Å²) in [7, 11) is -3.58. The number of hydrogen-bond donors (Lipinski definition) is 3. The standard InChI is InChI=1S/C12H16N4O2S2/c1-8-7-19-12(14-8)9(2)16-20(17,18)11-5-3-10(15-13)4-6-11/h3-7,9,15-16H,13H2,1-2H3. The van der Waals surface area contributed by atoms with E-state index in [9.17, 15) is 8.42 Å². The molecule has 0 aliphatic rings. The molecular weight excluding hydrogens is 296 g/mol. The van der Waals surface area contributed by atoms with E-state index >= 15 is 0 Å². The molecule has 2 aromatic rings. The maximum absolute atomic E-state index is 12.2. The summed E-state index contributed by atoms with van der Waals surface area (Å²) in [6, 6.07) is 5.83. The van der Waals surface area contributed by atoms with Crippen molar-refractivity contribution in [3.05, 3.63) is 40.3 Å². The molecule has 4 N–H and O–H groups in total. The fourth-order valence-corrected chi connectivity index (χ4v) is 3.74. The predicted octanol–water partition coefficient (Wildman–Crippen LogP) is 1.78. The van der Waals surface area contributed by atoms with E-state index in [0.29, 0.717) is 5.69 Å². The number of anilines is 1. The van der Waals surface area contributed by atoms with Crippen LogP contribution in [0.1, 0.15) is 23.7 Å². The second-order valence-electron chi connectivity index (χ2n) is 4.34. The molecule has 0 saturated carbocycles. The average Bonchev–Trinajstić information content (AvgIpc) is 2.85. The Balaban J connectivity index is 2.17. The van der Waals surface area contributed by atoms with Crippen molar-refractivity contribution in [3.63, 3.8) is 0 Å². The van der Waals surface area contributed by atoms with Crippen LogP contribution in [0.15, 0.2) is 34.5 Å². The Bertz CT molecular complexity index is 680. The lowest BCUT2D eigenvalue weighted by Crippen LogP contribution is -2.26. The van der Waals surface area contributed by atoms with Crippen LogP contribution in [0.25, 0.3) is 0 Å². The van der Waals surface area contributed by atoms with Crippen molar-refractivity contribution in [2.75, 3.05) is 5.43 Å². The average molecular weight is 312 g/mol. The first kappa shape index (κ1) is 14.9. The number of nitrogens with one attached hydrogen (secondary N) is 2. The molecule has 1 aromatic heterocycles. The third kappa shape index (κ3) is 3.34. The second kappa shape index (κ2) is 5.88. The lowest BCUT2D eigenvalue weighted by molar-refractivity contribution is 0.566. The topological polar surface area (TPSA) is 97.1 Å². The van der Waals surface area contributed by atoms with Crippen molar-refractivity contribution in [3.8, 4) is 0 Å². The zero-order valence-corrected chi connectivity index (χ0v) is 12.8. The van der Waals surface area contributed by atoms with Gasteiger partial charge in [0.1, 0.15) is 5.01 Å². The molecular formula is C12H16N4O2S2. The number of aromatic nitrogens is 1. The van der Waals surface area contributed by atoms with Crippen molar-refractivity contribution >= 4 is 27.0 Å². The summed E-state index contributed by atoms with van der Waals surface area (Å²) in [5, 5.41) is 2.63. The van der Waals surface area contributed by atoms with Gasteiger partial charge in [0.05, 0.1) is 10.9 Å². The number of aryl methyl sites for hydroxylation is 1. The largest absolute Gasteiger partial charge is 0.324 e. The lowest BCUT2D eigenvalue weighted by atomic mass is 10.3. The van der Waals surface area contributed by atoms with E-state index in [2.05, 4.69) is 15.1 Å². The first-order valence-corrected chi connectivity index (χ1v) is 8.29. The Hall–Kier alpha value is -1.48. The molecule has 6 nitrogen and oxygen atoms in total. The van der Waals surface area contributed by atoms with Gasteiger partial charge in [-0.1, -0.05) is 0 Å². The SMILES string of the molecule is Cc1csc(C(C)NS(=O)(=O)c2ccc(NN)cc2)n1. The first-order valence-electron chi connectivity index (χ1n) is 5.93. The van der Waals surface area contributed by atoms with Crippen molar-refractivity contribution in [2.45, 2.75) is 24.8 Å². The van der Waals surface area contributed by atoms with Gasteiger partial charge in [-0.2, -0.15) is 0 Å². The number of nitrogens with two attached hydrogens (primary N) is 1. The molecule has 0 aliphatic carbocycles. The minimum atomic E-state index is -3.58. The van der Waals surface area contributed by atoms with Crippen LogP contribution in [0.2, 0.25) is 0 Å². The van der Waals surface area contributed by atoms with Gasteiger partial charge >= 0.3 is 0 Å². The fraction of sp³-hybridized carbons (Fsp3) is 0.250. The van der Waals surface area contributed by atoms with Gasteiger partial charge in [0, 0.05) is 16.8 Å². The van der Waals surface area contributed by atoms with Crippen LogP contribution in [0.3, 0.4) is 0 Å². The Morgan fingerprint density at radius 1 is 1.30 bits per heavy atom. The van der Waals surface area contributed by atoms with Crippen LogP contribution >= 0.6 is 11.3 Å². The second-order valence-corrected chi connectivity index (χ2v) is 6.94. The summed E-state index contributed by atoms with van der Waals surface area (Å²) in [4.78, 5) is 4.47. The number of rotatable bonds is 5. The van der Waals surface area contributed by atoms with Crippen LogP contribution in [-0.2, 0) is 10.0 Å². The highest BCUT2D eigenvalue weighted by Gasteiger charge is 2.19. The molecule has 0 radical (unpaired) electrons. The molecule has 1 heterocycles. The summed E-state index contributed by atoms with van der Waals surface area (Å²) in [6.45, 7) is 3.64. The van der Waals surface area contributed by atoms with E-state index in [1.54, 1.807) is 19.1 Å². The summed E-state index contributed by atoms with van der Waals surface area (Å²) >= 11 is 1.44. The van der Waals surface area contributed by atoms with Crippen molar-refractivity contribution in [2.24, 2.45) is 5.84 Å². The van der Waals surface area contributed by atoms with Gasteiger partial charge in [0.2, 0.25) is 10.0 Å². The summed E-state index contributed by atoms with van der Waals surface area (Å²) in [5.41, 5.74) is 3.98. The quantitative estimate of drug-likeness (QED) is 0.577. The van der Waals surface area contributed by atoms with E-state index in [1.165, 1.54) is 23.5 Å². The number of thiazole rings is 1. The number of nitrogen functional groups attached to an aromatic ring is 1. The Kier molecular flexibility index (Phi) is 4.39. The van der Waals surface area contributed by atoms with Gasteiger partial charge in [-0.15, -0.1) is 11.3 Å². The molecule has 108 valence electrons. The number of sulfonamides is 1. The number of hydrogen-bond acceptors (Lipinski definition) is 6. The molecule has 8 heteroatoms. The van der Waals surface area contributed by atoms with Crippen LogP contribution < -0.4 is 16.0 Å². The third-order valence-corrected chi connectivity index (χ3v) is 5.37. The highest BCUT2D eigenvalue weighted by Crippen LogP contribution is 2.21. The molecule has 1 atom stereocenters. The Morgan fingerprint density at radius 3 is 2.45 bits per heavy atom. The molecule has 0 aliphatic heterocycles. The summed E-state index contributed by atoms with van der Waals surface area (Å²) in [5.74, 6) is 5.25. The van der Waals surface area contributed by atoms with Crippen LogP contribution in [0.5, 0.6) is 0 Å². The fourth-order valence-electron chi connectivity index (χ4n) is 1.65. The van der Waals surface area contributed by atoms with E-state index in [4.69, 9.17) is 5.84 Å². The van der Waals surface area contributed by atoms with Gasteiger partial charge < -0.3 is 5.43 Å². The minimum absolute atomic E-state index is 0.191. The normalized spacial score (nSPS) is 13.2. The monoisotopic (exact) mass is 312 g/mol. The summed E-state index contributed by atoms with van der Waals surface area (Å²) in [6.07, 6.45) is 0. The molecule has 0 bridgehead atoms. The zero-order valence-electron chi connectivity index (χ0n) is 11.1. The van der Waals surface area contributed by atoms with Crippen molar-refractivity contribution in [1.82, 2.24) is 9.71 Å².